The monoisotopic (exact) mass is 421 g/mol. The Morgan fingerprint density at radius 2 is 1.65 bits per heavy atom. The first-order chi connectivity index (χ1) is 15.1. The van der Waals surface area contributed by atoms with Crippen molar-refractivity contribution in [1.82, 2.24) is 15.5 Å². The number of carbonyl (C=O) groups excluding carboxylic acids is 1. The van der Waals surface area contributed by atoms with Crippen molar-refractivity contribution >= 4 is 5.91 Å². The Bertz CT molecular complexity index is 1100. The number of amides is 1. The molecule has 0 saturated carbocycles. The molecule has 0 bridgehead atoms. The molecule has 2 N–H and O–H groups in total. The predicted octanol–water partition coefficient (Wildman–Crippen LogP) is 2.89. The van der Waals surface area contributed by atoms with Crippen LogP contribution in [0, 0.1) is 11.8 Å². The fraction of sp³-hybridized carbons (Fsp3) is 0.217. The number of hydrogen-bond acceptors (Lipinski definition) is 6. The summed E-state index contributed by atoms with van der Waals surface area (Å²) in [6, 6.07) is 12.6. The van der Waals surface area contributed by atoms with Crippen molar-refractivity contribution in [1.29, 1.82) is 0 Å². The number of aromatic amines is 1. The van der Waals surface area contributed by atoms with Crippen LogP contribution in [0.4, 0.5) is 0 Å². The van der Waals surface area contributed by atoms with E-state index in [1.165, 1.54) is 21.3 Å². The normalized spacial score (nSPS) is 9.94. The van der Waals surface area contributed by atoms with E-state index in [0.29, 0.717) is 39.9 Å². The van der Waals surface area contributed by atoms with Crippen LogP contribution in [-0.2, 0) is 0 Å². The molecule has 31 heavy (non-hydrogen) atoms. The molecule has 8 nitrogen and oxygen atoms in total. The summed E-state index contributed by atoms with van der Waals surface area (Å²) in [5, 5.41) is 9.70. The van der Waals surface area contributed by atoms with Gasteiger partial charge in [0.1, 0.15) is 11.4 Å². The van der Waals surface area contributed by atoms with Gasteiger partial charge in [-0.05, 0) is 30.3 Å². The summed E-state index contributed by atoms with van der Waals surface area (Å²) in [6.45, 7) is 0.176. The van der Waals surface area contributed by atoms with Gasteiger partial charge in [-0.1, -0.05) is 24.0 Å². The third kappa shape index (κ3) is 4.90. The average molecular weight is 421 g/mol. The first kappa shape index (κ1) is 21.6. The molecule has 0 spiro atoms. The molecule has 0 unspecified atom stereocenters. The molecule has 8 heteroatoms. The summed E-state index contributed by atoms with van der Waals surface area (Å²) in [5.41, 5.74) is 2.33. The second-order valence-corrected chi connectivity index (χ2v) is 6.27. The van der Waals surface area contributed by atoms with Crippen LogP contribution in [0.3, 0.4) is 0 Å². The lowest BCUT2D eigenvalue weighted by atomic mass is 10.1. The molecule has 2 aromatic carbocycles. The van der Waals surface area contributed by atoms with Gasteiger partial charge in [-0.2, -0.15) is 5.10 Å². The highest BCUT2D eigenvalue weighted by molar-refractivity contribution is 5.93. The van der Waals surface area contributed by atoms with Gasteiger partial charge in [0.25, 0.3) is 5.91 Å². The summed E-state index contributed by atoms with van der Waals surface area (Å²) in [4.78, 5) is 12.4. The highest BCUT2D eigenvalue weighted by Gasteiger charge is 2.17. The van der Waals surface area contributed by atoms with E-state index in [1.54, 1.807) is 25.3 Å². The lowest BCUT2D eigenvalue weighted by molar-refractivity contribution is 0.0953. The lowest BCUT2D eigenvalue weighted by Crippen LogP contribution is -2.23. The second kappa shape index (κ2) is 10.1. The minimum atomic E-state index is -0.319. The summed E-state index contributed by atoms with van der Waals surface area (Å²) in [5.74, 6) is 7.74. The molecule has 3 aromatic rings. The van der Waals surface area contributed by atoms with E-state index in [1.807, 2.05) is 24.3 Å². The van der Waals surface area contributed by atoms with Crippen molar-refractivity contribution in [2.45, 2.75) is 0 Å². The minimum Gasteiger partial charge on any atom is -0.495 e. The summed E-state index contributed by atoms with van der Waals surface area (Å²) < 4.78 is 21.3. The Labute approximate surface area is 180 Å². The van der Waals surface area contributed by atoms with Crippen LogP contribution in [0.1, 0.15) is 16.1 Å². The number of ether oxygens (including phenoxy) is 4. The Morgan fingerprint density at radius 1 is 0.968 bits per heavy atom. The molecule has 0 aliphatic carbocycles. The lowest BCUT2D eigenvalue weighted by Gasteiger charge is -2.13. The molecule has 3 rings (SSSR count). The number of rotatable bonds is 7. The molecule has 0 radical (unpaired) electrons. The molecule has 1 heterocycles. The Balaban J connectivity index is 1.71. The first-order valence-electron chi connectivity index (χ1n) is 9.37. The van der Waals surface area contributed by atoms with Gasteiger partial charge in [0, 0.05) is 5.56 Å². The van der Waals surface area contributed by atoms with E-state index in [2.05, 4.69) is 27.4 Å². The quantitative estimate of drug-likeness (QED) is 0.570. The van der Waals surface area contributed by atoms with Gasteiger partial charge in [0.2, 0.25) is 5.75 Å². The van der Waals surface area contributed by atoms with Crippen molar-refractivity contribution in [2.75, 3.05) is 35.0 Å². The SMILES string of the molecule is COc1ccccc1C#CCNC(=O)c1cc(-c2cc(OC)c(OC)c(OC)c2)n[nH]1. The van der Waals surface area contributed by atoms with Crippen molar-refractivity contribution in [2.24, 2.45) is 0 Å². The Hall–Kier alpha value is -4.12. The Kier molecular flexibility index (Phi) is 7.01. The van der Waals surface area contributed by atoms with Gasteiger partial charge in [-0.15, -0.1) is 0 Å². The maximum atomic E-state index is 12.4. The second-order valence-electron chi connectivity index (χ2n) is 6.27. The standard InChI is InChI=1S/C23H23N3O5/c1-28-19-10-6-5-8-15(19)9-7-11-24-23(27)18-14-17(25-26-18)16-12-20(29-2)22(31-4)21(13-16)30-3/h5-6,8,10,12-14H,11H2,1-4H3,(H,24,27)(H,25,26). The topological polar surface area (TPSA) is 94.7 Å². The fourth-order valence-corrected chi connectivity index (χ4v) is 2.92. The molecule has 160 valence electrons. The van der Waals surface area contributed by atoms with Crippen molar-refractivity contribution in [3.05, 3.63) is 53.7 Å². The van der Waals surface area contributed by atoms with Gasteiger partial charge in [0.15, 0.2) is 11.5 Å². The number of methoxy groups -OCH3 is 4. The number of para-hydroxylation sites is 1. The van der Waals surface area contributed by atoms with E-state index < -0.39 is 0 Å². The van der Waals surface area contributed by atoms with Crippen LogP contribution in [-0.4, -0.2) is 51.1 Å². The van der Waals surface area contributed by atoms with Crippen molar-refractivity contribution in [3.8, 4) is 46.1 Å². The Morgan fingerprint density at radius 3 is 2.29 bits per heavy atom. The highest BCUT2D eigenvalue weighted by atomic mass is 16.5. The van der Waals surface area contributed by atoms with Crippen LogP contribution in [0.25, 0.3) is 11.3 Å². The fourth-order valence-electron chi connectivity index (χ4n) is 2.92. The number of nitrogens with one attached hydrogen (secondary N) is 2. The number of hydrogen-bond donors (Lipinski definition) is 2. The molecule has 0 atom stereocenters. The van der Waals surface area contributed by atoms with E-state index in [-0.39, 0.29) is 12.5 Å². The van der Waals surface area contributed by atoms with Crippen molar-refractivity contribution in [3.63, 3.8) is 0 Å². The molecule has 0 fully saturated rings. The average Bonchev–Trinajstić information content (AvgIpc) is 3.31. The van der Waals surface area contributed by atoms with Gasteiger partial charge in [0.05, 0.1) is 46.2 Å². The molecule has 1 amide bonds. The number of nitrogens with zero attached hydrogens (tertiary/aromatic N) is 1. The zero-order chi connectivity index (χ0) is 22.2. The summed E-state index contributed by atoms with van der Waals surface area (Å²) >= 11 is 0. The van der Waals surface area contributed by atoms with E-state index >= 15 is 0 Å². The van der Waals surface area contributed by atoms with E-state index in [4.69, 9.17) is 18.9 Å². The van der Waals surface area contributed by atoms with E-state index in [0.717, 1.165) is 5.56 Å². The van der Waals surface area contributed by atoms with Gasteiger partial charge >= 0.3 is 0 Å². The van der Waals surface area contributed by atoms with Gasteiger partial charge in [-0.25, -0.2) is 0 Å². The van der Waals surface area contributed by atoms with Crippen LogP contribution in [0.5, 0.6) is 23.0 Å². The smallest absolute Gasteiger partial charge is 0.270 e. The zero-order valence-electron chi connectivity index (χ0n) is 17.7. The van der Waals surface area contributed by atoms with Crippen LogP contribution >= 0.6 is 0 Å². The van der Waals surface area contributed by atoms with Crippen LogP contribution in [0.15, 0.2) is 42.5 Å². The zero-order valence-corrected chi connectivity index (χ0v) is 17.7. The van der Waals surface area contributed by atoms with Crippen LogP contribution in [0.2, 0.25) is 0 Å². The number of benzene rings is 2. The molecular weight excluding hydrogens is 398 g/mol. The molecular formula is C23H23N3O5. The van der Waals surface area contributed by atoms with Crippen LogP contribution < -0.4 is 24.3 Å². The molecule has 0 saturated heterocycles. The molecule has 0 aliphatic rings. The molecule has 1 aromatic heterocycles. The van der Waals surface area contributed by atoms with Gasteiger partial charge in [-0.3, -0.25) is 9.89 Å². The van der Waals surface area contributed by atoms with E-state index in [9.17, 15) is 4.79 Å². The number of aromatic nitrogens is 2. The summed E-state index contributed by atoms with van der Waals surface area (Å²) in [6.07, 6.45) is 0. The highest BCUT2D eigenvalue weighted by Crippen LogP contribution is 2.40. The van der Waals surface area contributed by atoms with Gasteiger partial charge < -0.3 is 24.3 Å². The first-order valence-corrected chi connectivity index (χ1v) is 9.37. The van der Waals surface area contributed by atoms with Crippen molar-refractivity contribution < 1.29 is 23.7 Å². The number of H-pyrrole nitrogens is 1. The largest absolute Gasteiger partial charge is 0.495 e. The maximum Gasteiger partial charge on any atom is 0.270 e. The maximum absolute atomic E-state index is 12.4. The third-order valence-electron chi connectivity index (χ3n) is 4.45. The molecule has 0 aliphatic heterocycles. The number of carbonyl (C=O) groups is 1. The predicted molar refractivity (Wildman–Crippen MR) is 116 cm³/mol. The summed E-state index contributed by atoms with van der Waals surface area (Å²) in [7, 11) is 6.20. The third-order valence-corrected chi connectivity index (χ3v) is 4.45. The minimum absolute atomic E-state index is 0.176.